The highest BCUT2D eigenvalue weighted by atomic mass is 16.4. The van der Waals surface area contributed by atoms with Crippen molar-refractivity contribution in [2.75, 3.05) is 0 Å². The summed E-state index contributed by atoms with van der Waals surface area (Å²) < 4.78 is 0. The van der Waals surface area contributed by atoms with Crippen LogP contribution in [0.2, 0.25) is 0 Å². The highest BCUT2D eigenvalue weighted by Gasteiger charge is 2.10. The number of carboxylic acids is 2. The molecule has 0 aliphatic heterocycles. The first-order valence-corrected chi connectivity index (χ1v) is 8.71. The van der Waals surface area contributed by atoms with Gasteiger partial charge in [-0.1, -0.05) is 75.8 Å². The minimum atomic E-state index is -0.959. The molecule has 0 aliphatic rings. The summed E-state index contributed by atoms with van der Waals surface area (Å²) in [5, 5.41) is 16.9. The van der Waals surface area contributed by atoms with Crippen molar-refractivity contribution in [3.63, 3.8) is 0 Å². The summed E-state index contributed by atoms with van der Waals surface area (Å²) >= 11 is 0. The second-order valence-corrected chi connectivity index (χ2v) is 5.90. The molecule has 0 saturated heterocycles. The van der Waals surface area contributed by atoms with E-state index in [1.807, 2.05) is 30.3 Å². The average Bonchev–Trinajstić information content (AvgIpc) is 2.55. The van der Waals surface area contributed by atoms with E-state index in [1.165, 1.54) is 32.1 Å². The third-order valence-corrected chi connectivity index (χ3v) is 3.61. The van der Waals surface area contributed by atoms with Gasteiger partial charge >= 0.3 is 11.9 Å². The van der Waals surface area contributed by atoms with Gasteiger partial charge in [0.25, 0.3) is 0 Å². The Kier molecular flexibility index (Phi) is 13.5. The van der Waals surface area contributed by atoms with E-state index in [0.29, 0.717) is 12.8 Å². The van der Waals surface area contributed by atoms with Crippen LogP contribution in [-0.4, -0.2) is 28.2 Å². The van der Waals surface area contributed by atoms with Crippen LogP contribution >= 0.6 is 0 Å². The van der Waals surface area contributed by atoms with E-state index in [-0.39, 0.29) is 0 Å². The van der Waals surface area contributed by atoms with Crippen molar-refractivity contribution < 1.29 is 19.8 Å². The second kappa shape index (κ2) is 14.7. The lowest BCUT2D eigenvalue weighted by molar-refractivity contribution is -0.139. The number of aliphatic carboxylic acids is 2. The molecule has 0 spiro atoms. The number of hydrogen-bond donors (Lipinski definition) is 3. The normalized spacial score (nSPS) is 11.2. The lowest BCUT2D eigenvalue weighted by Gasteiger charge is -2.04. The van der Waals surface area contributed by atoms with E-state index in [1.54, 1.807) is 0 Å². The fourth-order valence-electron chi connectivity index (χ4n) is 2.19. The minimum Gasteiger partial charge on any atom is -0.481 e. The van der Waals surface area contributed by atoms with Crippen molar-refractivity contribution in [2.45, 2.75) is 70.8 Å². The summed E-state index contributed by atoms with van der Waals surface area (Å²) in [7, 11) is 0. The van der Waals surface area contributed by atoms with Crippen LogP contribution in [-0.2, 0) is 16.0 Å². The van der Waals surface area contributed by atoms with Crippen LogP contribution < -0.4 is 5.73 Å². The molecule has 0 aromatic heterocycles. The minimum absolute atomic E-state index is 0.341. The summed E-state index contributed by atoms with van der Waals surface area (Å²) in [5.74, 6) is -1.62. The Labute approximate surface area is 144 Å². The van der Waals surface area contributed by atoms with Gasteiger partial charge in [0.05, 0.1) is 0 Å². The summed E-state index contributed by atoms with van der Waals surface area (Å²) in [4.78, 5) is 20.5. The first kappa shape index (κ1) is 22.1. The molecule has 0 unspecified atom stereocenters. The number of unbranched alkanes of at least 4 members (excludes halogenated alkanes) is 6. The summed E-state index contributed by atoms with van der Waals surface area (Å²) in [6.07, 6.45) is 9.03. The molecule has 1 rings (SSSR count). The van der Waals surface area contributed by atoms with Crippen molar-refractivity contribution in [2.24, 2.45) is 5.73 Å². The topological polar surface area (TPSA) is 101 Å². The van der Waals surface area contributed by atoms with Crippen molar-refractivity contribution >= 4 is 11.9 Å². The van der Waals surface area contributed by atoms with Crippen LogP contribution in [0.3, 0.4) is 0 Å². The molecule has 1 atom stereocenters. The Morgan fingerprint density at radius 3 is 2.00 bits per heavy atom. The van der Waals surface area contributed by atoms with Gasteiger partial charge in [-0.3, -0.25) is 9.59 Å². The third kappa shape index (κ3) is 13.8. The van der Waals surface area contributed by atoms with Crippen molar-refractivity contribution in [3.05, 3.63) is 35.9 Å². The monoisotopic (exact) mass is 337 g/mol. The van der Waals surface area contributed by atoms with E-state index in [2.05, 4.69) is 6.92 Å². The zero-order valence-corrected chi connectivity index (χ0v) is 14.6. The first-order chi connectivity index (χ1) is 11.5. The largest absolute Gasteiger partial charge is 0.481 e. The highest BCUT2D eigenvalue weighted by Crippen LogP contribution is 2.08. The molecule has 0 radical (unpaired) electrons. The maximum Gasteiger partial charge on any atom is 0.320 e. The zero-order chi connectivity index (χ0) is 18.2. The summed E-state index contributed by atoms with van der Waals surface area (Å²) in [6, 6.07) is 8.54. The molecule has 1 aromatic carbocycles. The number of hydrogen-bond acceptors (Lipinski definition) is 3. The SMILES string of the molecule is CCCCCCCCCC(=O)O.N[C@@H](Cc1ccccc1)C(=O)O. The molecule has 136 valence electrons. The molecule has 1 aromatic rings. The van der Waals surface area contributed by atoms with Gasteiger partial charge in [0.1, 0.15) is 6.04 Å². The molecule has 5 heteroatoms. The number of benzene rings is 1. The van der Waals surface area contributed by atoms with Gasteiger partial charge in [0, 0.05) is 6.42 Å². The van der Waals surface area contributed by atoms with E-state index < -0.39 is 18.0 Å². The Morgan fingerprint density at radius 1 is 0.958 bits per heavy atom. The predicted molar refractivity (Wildman–Crippen MR) is 96.0 cm³/mol. The van der Waals surface area contributed by atoms with Crippen molar-refractivity contribution in [3.8, 4) is 0 Å². The number of rotatable bonds is 11. The maximum atomic E-state index is 10.4. The van der Waals surface area contributed by atoms with Crippen LogP contribution in [0.4, 0.5) is 0 Å². The van der Waals surface area contributed by atoms with Crippen LogP contribution in [0.15, 0.2) is 30.3 Å². The van der Waals surface area contributed by atoms with Crippen LogP contribution in [0.1, 0.15) is 63.9 Å². The van der Waals surface area contributed by atoms with Crippen molar-refractivity contribution in [1.29, 1.82) is 0 Å². The number of nitrogens with two attached hydrogens (primary N) is 1. The highest BCUT2D eigenvalue weighted by molar-refractivity contribution is 5.73. The molecule has 5 nitrogen and oxygen atoms in total. The molecule has 0 bridgehead atoms. The first-order valence-electron chi connectivity index (χ1n) is 8.71. The van der Waals surface area contributed by atoms with Crippen LogP contribution in [0.5, 0.6) is 0 Å². The summed E-state index contributed by atoms with van der Waals surface area (Å²) in [5.41, 5.74) is 6.30. The Morgan fingerprint density at radius 2 is 1.50 bits per heavy atom. The smallest absolute Gasteiger partial charge is 0.320 e. The van der Waals surface area contributed by atoms with Gasteiger partial charge < -0.3 is 15.9 Å². The lowest BCUT2D eigenvalue weighted by atomic mass is 10.1. The van der Waals surface area contributed by atoms with Gasteiger partial charge in [-0.2, -0.15) is 0 Å². The van der Waals surface area contributed by atoms with Gasteiger partial charge in [0.15, 0.2) is 0 Å². The molecular formula is C19H31NO4. The molecule has 0 amide bonds. The second-order valence-electron chi connectivity index (χ2n) is 5.90. The molecular weight excluding hydrogens is 306 g/mol. The predicted octanol–water partition coefficient (Wildman–Crippen LogP) is 3.85. The number of carboxylic acid groups (broad SMARTS) is 2. The fraction of sp³-hybridized carbons (Fsp3) is 0.579. The molecule has 24 heavy (non-hydrogen) atoms. The summed E-state index contributed by atoms with van der Waals surface area (Å²) in [6.45, 7) is 2.20. The van der Waals surface area contributed by atoms with Crippen LogP contribution in [0, 0.1) is 0 Å². The lowest BCUT2D eigenvalue weighted by Crippen LogP contribution is -2.32. The molecule has 0 fully saturated rings. The molecule has 0 saturated carbocycles. The third-order valence-electron chi connectivity index (χ3n) is 3.61. The van der Waals surface area contributed by atoms with Gasteiger partial charge in [-0.05, 0) is 18.4 Å². The van der Waals surface area contributed by atoms with Gasteiger partial charge in [-0.25, -0.2) is 0 Å². The molecule has 4 N–H and O–H groups in total. The number of carbonyl (C=O) groups is 2. The van der Waals surface area contributed by atoms with E-state index in [9.17, 15) is 9.59 Å². The average molecular weight is 337 g/mol. The van der Waals surface area contributed by atoms with E-state index in [0.717, 1.165) is 18.4 Å². The Bertz CT molecular complexity index is 448. The Hall–Kier alpha value is -1.88. The van der Waals surface area contributed by atoms with Crippen LogP contribution in [0.25, 0.3) is 0 Å². The maximum absolute atomic E-state index is 10.4. The van der Waals surface area contributed by atoms with Gasteiger partial charge in [0.2, 0.25) is 0 Å². The van der Waals surface area contributed by atoms with Crippen molar-refractivity contribution in [1.82, 2.24) is 0 Å². The molecule has 0 heterocycles. The Balaban J connectivity index is 0.000000441. The quantitative estimate of drug-likeness (QED) is 0.532. The van der Waals surface area contributed by atoms with E-state index >= 15 is 0 Å². The fourth-order valence-corrected chi connectivity index (χ4v) is 2.19. The van der Waals surface area contributed by atoms with E-state index in [4.69, 9.17) is 15.9 Å². The zero-order valence-electron chi connectivity index (χ0n) is 14.6. The van der Waals surface area contributed by atoms with Gasteiger partial charge in [-0.15, -0.1) is 0 Å². The standard InChI is InChI=1S/C10H20O2.C9H11NO2/c1-2-3-4-5-6-7-8-9-10(11)12;10-8(9(11)12)6-7-4-2-1-3-5-7/h2-9H2,1H3,(H,11,12);1-5,8H,6,10H2,(H,11,12)/t;8-/m.0/s1. The molecule has 0 aliphatic carbocycles.